The molecule has 0 aliphatic carbocycles. The van der Waals surface area contributed by atoms with Crippen molar-refractivity contribution in [2.45, 2.75) is 11.1 Å². The number of benzene rings is 2. The van der Waals surface area contributed by atoms with E-state index >= 15 is 0 Å². The Kier molecular flexibility index (Phi) is 4.67. The first-order valence-electron chi connectivity index (χ1n) is 7.11. The SMILES string of the molecule is NS(=O)(=O)c1cc(-c2ccc(Br)cc2)cc(C(F)(F)F)c1-n1cccn1. The highest BCUT2D eigenvalue weighted by Crippen LogP contribution is 2.39. The van der Waals surface area contributed by atoms with Gasteiger partial charge in [-0.3, -0.25) is 0 Å². The van der Waals surface area contributed by atoms with E-state index < -0.39 is 32.3 Å². The lowest BCUT2D eigenvalue weighted by atomic mass is 10.0. The first-order valence-corrected chi connectivity index (χ1v) is 9.45. The molecule has 5 nitrogen and oxygen atoms in total. The second-order valence-corrected chi connectivity index (χ2v) is 7.82. The van der Waals surface area contributed by atoms with Gasteiger partial charge < -0.3 is 0 Å². The van der Waals surface area contributed by atoms with E-state index in [4.69, 9.17) is 5.14 Å². The molecule has 1 heterocycles. The minimum absolute atomic E-state index is 0.0738. The maximum absolute atomic E-state index is 13.7. The average molecular weight is 446 g/mol. The van der Waals surface area contributed by atoms with Gasteiger partial charge >= 0.3 is 6.18 Å². The molecule has 2 N–H and O–H groups in total. The molecule has 0 aliphatic heterocycles. The van der Waals surface area contributed by atoms with E-state index in [2.05, 4.69) is 21.0 Å². The summed E-state index contributed by atoms with van der Waals surface area (Å²) in [5.41, 5.74) is -1.29. The summed E-state index contributed by atoms with van der Waals surface area (Å²) < 4.78 is 66.7. The molecule has 136 valence electrons. The predicted molar refractivity (Wildman–Crippen MR) is 93.1 cm³/mol. The summed E-state index contributed by atoms with van der Waals surface area (Å²) in [6.45, 7) is 0. The molecule has 0 bridgehead atoms. The molecule has 3 rings (SSSR count). The van der Waals surface area contributed by atoms with Crippen LogP contribution in [0.2, 0.25) is 0 Å². The summed E-state index contributed by atoms with van der Waals surface area (Å²) in [6, 6.07) is 9.80. The molecule has 1 aromatic heterocycles. The average Bonchev–Trinajstić information content (AvgIpc) is 3.07. The molecular weight excluding hydrogens is 435 g/mol. The van der Waals surface area contributed by atoms with Crippen LogP contribution in [0.5, 0.6) is 0 Å². The van der Waals surface area contributed by atoms with Gasteiger partial charge in [-0.15, -0.1) is 0 Å². The van der Waals surface area contributed by atoms with Crippen LogP contribution >= 0.6 is 15.9 Å². The molecule has 0 saturated heterocycles. The maximum Gasteiger partial charge on any atom is 0.418 e. The Morgan fingerprint density at radius 2 is 1.73 bits per heavy atom. The Morgan fingerprint density at radius 1 is 1.08 bits per heavy atom. The minimum atomic E-state index is -4.81. The molecule has 0 unspecified atom stereocenters. The molecular formula is C16H11BrF3N3O2S. The van der Waals surface area contributed by atoms with E-state index in [9.17, 15) is 21.6 Å². The number of sulfonamides is 1. The molecule has 0 aliphatic rings. The van der Waals surface area contributed by atoms with E-state index in [-0.39, 0.29) is 5.56 Å². The van der Waals surface area contributed by atoms with Gasteiger partial charge in [0.25, 0.3) is 0 Å². The van der Waals surface area contributed by atoms with Crippen LogP contribution in [0.15, 0.2) is 64.2 Å². The summed E-state index contributed by atoms with van der Waals surface area (Å²) in [6.07, 6.45) is -2.35. The molecule has 0 fully saturated rings. The lowest BCUT2D eigenvalue weighted by Gasteiger charge is -2.18. The fraction of sp³-hybridized carbons (Fsp3) is 0.0625. The number of rotatable bonds is 3. The molecule has 0 saturated carbocycles. The monoisotopic (exact) mass is 445 g/mol. The Bertz CT molecular complexity index is 1050. The molecule has 10 heteroatoms. The minimum Gasteiger partial charge on any atom is -0.239 e. The van der Waals surface area contributed by atoms with E-state index in [1.165, 1.54) is 18.5 Å². The molecule has 26 heavy (non-hydrogen) atoms. The van der Waals surface area contributed by atoms with Crippen molar-refractivity contribution in [3.63, 3.8) is 0 Å². The fourth-order valence-electron chi connectivity index (χ4n) is 2.49. The van der Waals surface area contributed by atoms with E-state index in [1.807, 2.05) is 0 Å². The number of nitrogens with zero attached hydrogens (tertiary/aromatic N) is 2. The normalized spacial score (nSPS) is 12.3. The number of hydrogen-bond donors (Lipinski definition) is 1. The van der Waals surface area contributed by atoms with Crippen LogP contribution in [-0.4, -0.2) is 18.2 Å². The van der Waals surface area contributed by atoms with Crippen molar-refractivity contribution in [2.24, 2.45) is 5.14 Å². The Labute approximate surface area is 155 Å². The van der Waals surface area contributed by atoms with Crippen LogP contribution in [0, 0.1) is 0 Å². The Morgan fingerprint density at radius 3 is 2.23 bits per heavy atom. The molecule has 3 aromatic rings. The van der Waals surface area contributed by atoms with Gasteiger partial charge in [-0.1, -0.05) is 28.1 Å². The van der Waals surface area contributed by atoms with Gasteiger partial charge in [0.1, 0.15) is 4.90 Å². The number of aromatic nitrogens is 2. The zero-order valence-corrected chi connectivity index (χ0v) is 15.3. The third-order valence-corrected chi connectivity index (χ3v) is 5.05. The summed E-state index contributed by atoms with van der Waals surface area (Å²) in [5, 5.41) is 8.94. The van der Waals surface area contributed by atoms with Crippen molar-refractivity contribution in [3.05, 3.63) is 64.9 Å². The highest BCUT2D eigenvalue weighted by molar-refractivity contribution is 9.10. The third kappa shape index (κ3) is 3.67. The van der Waals surface area contributed by atoms with Gasteiger partial charge in [-0.05, 0) is 41.5 Å². The predicted octanol–water partition coefficient (Wildman–Crippen LogP) is 3.97. The zero-order chi connectivity index (χ0) is 19.1. The van der Waals surface area contributed by atoms with Crippen molar-refractivity contribution in [2.75, 3.05) is 0 Å². The number of nitrogens with two attached hydrogens (primary N) is 1. The third-order valence-electron chi connectivity index (χ3n) is 3.60. The summed E-state index contributed by atoms with van der Waals surface area (Å²) in [4.78, 5) is -0.658. The quantitative estimate of drug-likeness (QED) is 0.662. The van der Waals surface area contributed by atoms with Crippen molar-refractivity contribution >= 4 is 26.0 Å². The van der Waals surface area contributed by atoms with Gasteiger partial charge in [0.15, 0.2) is 0 Å². The first kappa shape index (κ1) is 18.6. The Balaban J connectivity index is 2.40. The molecule has 0 atom stereocenters. The number of hydrogen-bond acceptors (Lipinski definition) is 3. The Hall–Kier alpha value is -2.17. The van der Waals surface area contributed by atoms with E-state index in [0.717, 1.165) is 21.3 Å². The van der Waals surface area contributed by atoms with Gasteiger partial charge in [-0.2, -0.15) is 18.3 Å². The zero-order valence-electron chi connectivity index (χ0n) is 12.9. The lowest BCUT2D eigenvalue weighted by molar-refractivity contribution is -0.137. The molecule has 2 aromatic carbocycles. The van der Waals surface area contributed by atoms with Gasteiger partial charge in [0.05, 0.1) is 11.3 Å². The van der Waals surface area contributed by atoms with Crippen molar-refractivity contribution in [1.82, 2.24) is 9.78 Å². The van der Waals surface area contributed by atoms with Crippen LogP contribution in [0.3, 0.4) is 0 Å². The van der Waals surface area contributed by atoms with Crippen molar-refractivity contribution in [1.29, 1.82) is 0 Å². The summed E-state index contributed by atoms with van der Waals surface area (Å²) >= 11 is 3.24. The lowest BCUT2D eigenvalue weighted by Crippen LogP contribution is -2.20. The second kappa shape index (κ2) is 6.53. The number of halogens is 4. The fourth-order valence-corrected chi connectivity index (χ4v) is 3.52. The van der Waals surface area contributed by atoms with Gasteiger partial charge in [0.2, 0.25) is 10.0 Å². The van der Waals surface area contributed by atoms with Gasteiger partial charge in [-0.25, -0.2) is 18.2 Å². The van der Waals surface area contributed by atoms with E-state index in [0.29, 0.717) is 5.56 Å². The number of primary sulfonamides is 1. The summed E-state index contributed by atoms with van der Waals surface area (Å²) in [5.74, 6) is 0. The largest absolute Gasteiger partial charge is 0.418 e. The van der Waals surface area contributed by atoms with Crippen LogP contribution in [0.25, 0.3) is 16.8 Å². The van der Waals surface area contributed by atoms with Crippen LogP contribution < -0.4 is 5.14 Å². The molecule has 0 radical (unpaired) electrons. The maximum atomic E-state index is 13.7. The van der Waals surface area contributed by atoms with Crippen molar-refractivity contribution in [3.8, 4) is 16.8 Å². The standard InChI is InChI=1S/C16H11BrF3N3O2S/c17-12-4-2-10(3-5-12)11-8-13(16(18,19)20)15(23-7-1-6-22-23)14(9-11)26(21,24)25/h1-9H,(H2,21,24,25). The van der Waals surface area contributed by atoms with Crippen LogP contribution in [0.4, 0.5) is 13.2 Å². The number of alkyl halides is 3. The highest BCUT2D eigenvalue weighted by atomic mass is 79.9. The first-order chi connectivity index (χ1) is 12.1. The van der Waals surface area contributed by atoms with Crippen LogP contribution in [-0.2, 0) is 16.2 Å². The van der Waals surface area contributed by atoms with Gasteiger partial charge in [0, 0.05) is 16.9 Å². The molecule has 0 amide bonds. The van der Waals surface area contributed by atoms with Crippen LogP contribution in [0.1, 0.15) is 5.56 Å². The second-order valence-electron chi connectivity index (χ2n) is 5.37. The topological polar surface area (TPSA) is 78.0 Å². The smallest absolute Gasteiger partial charge is 0.239 e. The summed E-state index contributed by atoms with van der Waals surface area (Å²) in [7, 11) is -4.45. The highest BCUT2D eigenvalue weighted by Gasteiger charge is 2.37. The van der Waals surface area contributed by atoms with E-state index in [1.54, 1.807) is 24.3 Å². The van der Waals surface area contributed by atoms with Crippen molar-refractivity contribution < 1.29 is 21.6 Å². The molecule has 0 spiro atoms.